The molecular formula is C72H92N4O12. The standard InChI is InChI=1S/2C36H46N2O6/c2*1-27-33(37-29(3)39)35(44-28(2)34(27)42-25-31-18-10-5-11-19-31)41-23-15-7-14-22-38(24-30-16-8-4-9-17-30)36(40)43-26-32-20-12-6-13-21-32/h2*4-6,8-13,16-21,27-28,33-35H,7,14-15,22-26H2,1-3H3,(H,37,39)/t27-,28?,33?,34+,35+;27-,28?,33?,34+,35-/m11/s1. The first-order chi connectivity index (χ1) is 42.8. The van der Waals surface area contributed by atoms with Gasteiger partial charge in [-0.25, -0.2) is 9.59 Å². The van der Waals surface area contributed by atoms with Crippen LogP contribution in [0.4, 0.5) is 9.59 Å². The smallest absolute Gasteiger partial charge is 0.410 e. The molecular weight excluding hydrogens is 1110 g/mol. The van der Waals surface area contributed by atoms with Crippen molar-refractivity contribution in [2.75, 3.05) is 26.3 Å². The third-order valence-electron chi connectivity index (χ3n) is 15.8. The highest BCUT2D eigenvalue weighted by atomic mass is 16.7. The number of nitrogens with one attached hydrogen (secondary N) is 2. The SMILES string of the molecule is CC(=O)NC1[C@@H](OCCCCCN(Cc2ccccc2)C(=O)OCc2ccccc2)OC(C)[C@@H](OCc2ccccc2)[C@@H]1C.CC(=O)NC1[C@H](OCCCCCN(Cc2ccccc2)C(=O)OCc2ccccc2)OC(C)[C@@H](OCc2ccccc2)[C@@H]1C. The number of benzene rings is 6. The van der Waals surface area contributed by atoms with Crippen LogP contribution in [0.2, 0.25) is 0 Å². The Morgan fingerprint density at radius 2 is 0.682 bits per heavy atom. The number of amides is 4. The van der Waals surface area contributed by atoms with E-state index in [1.807, 2.05) is 196 Å². The number of carbonyl (C=O) groups is 4. The predicted molar refractivity (Wildman–Crippen MR) is 339 cm³/mol. The minimum absolute atomic E-state index is 0.00944. The first-order valence-electron chi connectivity index (χ1n) is 31.2. The lowest BCUT2D eigenvalue weighted by atomic mass is 9.89. The highest BCUT2D eigenvalue weighted by Gasteiger charge is 2.45. The zero-order chi connectivity index (χ0) is 62.3. The zero-order valence-corrected chi connectivity index (χ0v) is 52.2. The second kappa shape index (κ2) is 37.4. The summed E-state index contributed by atoms with van der Waals surface area (Å²) in [4.78, 5) is 53.6. The maximum Gasteiger partial charge on any atom is 0.410 e. The highest BCUT2D eigenvalue weighted by Crippen LogP contribution is 2.32. The van der Waals surface area contributed by atoms with Gasteiger partial charge in [-0.05, 0) is 85.8 Å². The van der Waals surface area contributed by atoms with Crippen molar-refractivity contribution in [3.05, 3.63) is 215 Å². The monoisotopic (exact) mass is 1200 g/mol. The minimum atomic E-state index is -0.567. The third kappa shape index (κ3) is 23.3. The van der Waals surface area contributed by atoms with Crippen LogP contribution in [0.3, 0.4) is 0 Å². The molecule has 2 heterocycles. The van der Waals surface area contributed by atoms with Gasteiger partial charge in [0, 0.05) is 65.1 Å². The number of rotatable bonds is 30. The Kier molecular flexibility index (Phi) is 28.9. The first kappa shape index (κ1) is 68.1. The van der Waals surface area contributed by atoms with E-state index >= 15 is 0 Å². The van der Waals surface area contributed by atoms with Gasteiger partial charge in [0.2, 0.25) is 11.8 Å². The van der Waals surface area contributed by atoms with E-state index in [0.29, 0.717) is 52.6 Å². The number of hydrogen-bond acceptors (Lipinski definition) is 12. The van der Waals surface area contributed by atoms with Crippen molar-refractivity contribution in [1.29, 1.82) is 0 Å². The van der Waals surface area contributed by atoms with E-state index < -0.39 is 12.6 Å². The largest absolute Gasteiger partial charge is 0.445 e. The summed E-state index contributed by atoms with van der Waals surface area (Å²) in [5.74, 6) is -0.282. The van der Waals surface area contributed by atoms with Gasteiger partial charge in [0.1, 0.15) is 13.2 Å². The molecule has 8 rings (SSSR count). The lowest BCUT2D eigenvalue weighted by Gasteiger charge is -2.44. The van der Waals surface area contributed by atoms with E-state index in [-0.39, 0.29) is 85.5 Å². The molecule has 0 bridgehead atoms. The molecule has 0 saturated carbocycles. The van der Waals surface area contributed by atoms with Crippen LogP contribution in [0.1, 0.15) is 113 Å². The summed E-state index contributed by atoms with van der Waals surface area (Å²) in [5, 5.41) is 6.06. The molecule has 0 radical (unpaired) electrons. The molecule has 2 N–H and O–H groups in total. The molecule has 6 aromatic carbocycles. The van der Waals surface area contributed by atoms with Gasteiger partial charge in [0.05, 0.1) is 49.7 Å². The Morgan fingerprint density at radius 3 is 0.989 bits per heavy atom. The van der Waals surface area contributed by atoms with E-state index in [1.54, 1.807) is 9.80 Å². The van der Waals surface area contributed by atoms with Crippen LogP contribution in [0.5, 0.6) is 0 Å². The molecule has 0 spiro atoms. The van der Waals surface area contributed by atoms with Crippen LogP contribution in [-0.2, 0) is 87.0 Å². The average Bonchev–Trinajstić information content (AvgIpc) is 3.16. The fourth-order valence-corrected chi connectivity index (χ4v) is 11.0. The minimum Gasteiger partial charge on any atom is -0.445 e. The summed E-state index contributed by atoms with van der Waals surface area (Å²) in [7, 11) is 0. The summed E-state index contributed by atoms with van der Waals surface area (Å²) in [5.41, 5.74) is 6.21. The fourth-order valence-electron chi connectivity index (χ4n) is 11.0. The lowest BCUT2D eigenvalue weighted by molar-refractivity contribution is -0.256. The van der Waals surface area contributed by atoms with Gasteiger partial charge in [-0.1, -0.05) is 196 Å². The second-order valence-corrected chi connectivity index (χ2v) is 22.9. The molecule has 2 aliphatic heterocycles. The van der Waals surface area contributed by atoms with Crippen LogP contribution >= 0.6 is 0 Å². The molecule has 6 aromatic rings. The van der Waals surface area contributed by atoms with E-state index in [4.69, 9.17) is 37.9 Å². The molecule has 88 heavy (non-hydrogen) atoms. The van der Waals surface area contributed by atoms with Gasteiger partial charge in [0.25, 0.3) is 0 Å². The van der Waals surface area contributed by atoms with Gasteiger partial charge >= 0.3 is 12.2 Å². The molecule has 4 unspecified atom stereocenters. The molecule has 472 valence electrons. The number of nitrogens with zero attached hydrogens (tertiary/aromatic N) is 2. The Hall–Kier alpha value is -7.44. The van der Waals surface area contributed by atoms with Crippen LogP contribution in [0.25, 0.3) is 0 Å². The van der Waals surface area contributed by atoms with E-state index in [0.717, 1.165) is 71.9 Å². The van der Waals surface area contributed by atoms with Gasteiger partial charge in [-0.3, -0.25) is 9.59 Å². The maximum atomic E-state index is 13.0. The summed E-state index contributed by atoms with van der Waals surface area (Å²) < 4.78 is 48.7. The van der Waals surface area contributed by atoms with Gasteiger partial charge in [-0.15, -0.1) is 0 Å². The van der Waals surface area contributed by atoms with E-state index in [1.165, 1.54) is 13.8 Å². The number of hydrogen-bond donors (Lipinski definition) is 2. The summed E-state index contributed by atoms with van der Waals surface area (Å²) in [6, 6.07) is 58.7. The van der Waals surface area contributed by atoms with Crippen LogP contribution in [-0.4, -0.2) is 109 Å². The summed E-state index contributed by atoms with van der Waals surface area (Å²) in [6.45, 7) is 15.7. The van der Waals surface area contributed by atoms with Crippen molar-refractivity contribution >= 4 is 24.0 Å². The maximum absolute atomic E-state index is 13.0. The molecule has 16 nitrogen and oxygen atoms in total. The molecule has 16 heteroatoms. The van der Waals surface area contributed by atoms with Crippen molar-refractivity contribution in [2.45, 2.75) is 169 Å². The molecule has 2 saturated heterocycles. The average molecular weight is 1210 g/mol. The van der Waals surface area contributed by atoms with Crippen molar-refractivity contribution in [1.82, 2.24) is 20.4 Å². The normalized spacial score (nSPS) is 21.4. The quantitative estimate of drug-likeness (QED) is 0.0409. The van der Waals surface area contributed by atoms with Crippen molar-refractivity contribution < 1.29 is 57.1 Å². The first-order valence-corrected chi connectivity index (χ1v) is 31.2. The van der Waals surface area contributed by atoms with Gasteiger partial charge in [0.15, 0.2) is 12.6 Å². The van der Waals surface area contributed by atoms with Crippen LogP contribution in [0, 0.1) is 11.8 Å². The second-order valence-electron chi connectivity index (χ2n) is 22.9. The molecule has 10 atom stereocenters. The lowest BCUT2D eigenvalue weighted by Crippen LogP contribution is -2.60. The molecule has 2 aliphatic rings. The van der Waals surface area contributed by atoms with E-state index in [9.17, 15) is 19.2 Å². The van der Waals surface area contributed by atoms with Crippen molar-refractivity contribution in [3.63, 3.8) is 0 Å². The summed E-state index contributed by atoms with van der Waals surface area (Å²) in [6.07, 6.45) is 2.37. The van der Waals surface area contributed by atoms with Crippen LogP contribution < -0.4 is 10.6 Å². The van der Waals surface area contributed by atoms with Crippen LogP contribution in [0.15, 0.2) is 182 Å². The molecule has 4 amide bonds. The van der Waals surface area contributed by atoms with Gasteiger partial charge in [-0.2, -0.15) is 0 Å². The van der Waals surface area contributed by atoms with E-state index in [2.05, 4.69) is 24.5 Å². The number of unbranched alkanes of at least 4 members (excludes halogenated alkanes) is 4. The summed E-state index contributed by atoms with van der Waals surface area (Å²) >= 11 is 0. The molecule has 2 fully saturated rings. The number of carbonyl (C=O) groups excluding carboxylic acids is 4. The topological polar surface area (TPSA) is 173 Å². The van der Waals surface area contributed by atoms with Crippen molar-refractivity contribution in [2.24, 2.45) is 11.8 Å². The number of ether oxygens (including phenoxy) is 8. The Morgan fingerprint density at radius 1 is 0.386 bits per heavy atom. The van der Waals surface area contributed by atoms with Gasteiger partial charge < -0.3 is 58.3 Å². The fraction of sp³-hybridized carbons (Fsp3) is 0.444. The molecule has 0 aliphatic carbocycles. The Bertz CT molecular complexity index is 2720. The third-order valence-corrected chi connectivity index (χ3v) is 15.8. The van der Waals surface area contributed by atoms with Crippen molar-refractivity contribution in [3.8, 4) is 0 Å². The molecule has 0 aromatic heterocycles. The zero-order valence-electron chi connectivity index (χ0n) is 52.2. The Balaban J connectivity index is 0.000000251. The highest BCUT2D eigenvalue weighted by molar-refractivity contribution is 5.73. The Labute approximate surface area is 521 Å². The predicted octanol–water partition coefficient (Wildman–Crippen LogP) is 13.0.